The molecule has 192 valence electrons. The van der Waals surface area contributed by atoms with Gasteiger partial charge in [0, 0.05) is 18.7 Å². The Balaban J connectivity index is 1.14. The van der Waals surface area contributed by atoms with Crippen molar-refractivity contribution in [2.75, 3.05) is 30.0 Å². The fourth-order valence-electron chi connectivity index (χ4n) is 5.77. The van der Waals surface area contributed by atoms with E-state index in [1.54, 1.807) is 4.68 Å². The molecule has 3 aliphatic heterocycles. The van der Waals surface area contributed by atoms with Crippen molar-refractivity contribution in [1.82, 2.24) is 29.3 Å². The van der Waals surface area contributed by atoms with E-state index < -0.39 is 0 Å². The van der Waals surface area contributed by atoms with Crippen LogP contribution in [0.25, 0.3) is 17.1 Å². The lowest BCUT2D eigenvalue weighted by Crippen LogP contribution is -2.37. The molecule has 3 fully saturated rings. The number of imidazole rings is 1. The van der Waals surface area contributed by atoms with Crippen LogP contribution in [0.3, 0.4) is 0 Å². The average Bonchev–Trinajstić information content (AvgIpc) is 3.30. The van der Waals surface area contributed by atoms with Crippen molar-refractivity contribution < 1.29 is 14.3 Å². The quantitative estimate of drug-likeness (QED) is 0.436. The van der Waals surface area contributed by atoms with Crippen LogP contribution >= 0.6 is 0 Å². The lowest BCUT2D eigenvalue weighted by Gasteiger charge is -2.30. The second-order valence-corrected chi connectivity index (χ2v) is 10.3. The number of pyridine rings is 1. The summed E-state index contributed by atoms with van der Waals surface area (Å²) < 4.78 is 15.7. The summed E-state index contributed by atoms with van der Waals surface area (Å²) in [5.74, 6) is 1.53. The fourth-order valence-corrected chi connectivity index (χ4v) is 5.77. The van der Waals surface area contributed by atoms with E-state index in [0.717, 1.165) is 42.2 Å². The number of para-hydroxylation sites is 1. The average molecular weight is 511 g/mol. The monoisotopic (exact) mass is 510 g/mol. The van der Waals surface area contributed by atoms with Gasteiger partial charge in [-0.25, -0.2) is 19.6 Å². The minimum atomic E-state index is -0.311. The highest BCUT2D eigenvalue weighted by molar-refractivity contribution is 6.05. The van der Waals surface area contributed by atoms with Gasteiger partial charge >= 0.3 is 0 Å². The van der Waals surface area contributed by atoms with E-state index in [4.69, 9.17) is 9.47 Å². The second-order valence-electron chi connectivity index (χ2n) is 10.3. The number of carbonyl (C=O) groups excluding carboxylic acids is 1. The van der Waals surface area contributed by atoms with Crippen LogP contribution in [0.2, 0.25) is 0 Å². The van der Waals surface area contributed by atoms with Crippen LogP contribution in [0.15, 0.2) is 49.3 Å². The van der Waals surface area contributed by atoms with Gasteiger partial charge in [0.2, 0.25) is 0 Å². The number of benzene rings is 1. The van der Waals surface area contributed by atoms with Crippen molar-refractivity contribution in [1.29, 1.82) is 0 Å². The predicted octanol–water partition coefficient (Wildman–Crippen LogP) is 3.03. The van der Waals surface area contributed by atoms with Gasteiger partial charge in [-0.2, -0.15) is 5.10 Å². The summed E-state index contributed by atoms with van der Waals surface area (Å²) >= 11 is 0. The lowest BCUT2D eigenvalue weighted by atomic mass is 10.1. The van der Waals surface area contributed by atoms with Crippen LogP contribution in [0.1, 0.15) is 41.4 Å². The van der Waals surface area contributed by atoms with E-state index >= 15 is 0 Å². The Labute approximate surface area is 218 Å². The van der Waals surface area contributed by atoms with E-state index in [0.29, 0.717) is 48.1 Å². The number of morpholine rings is 1. The number of nitrogens with zero attached hydrogens (tertiary/aromatic N) is 7. The standard InChI is InChI=1S/C27H26N8O3/c36-27(32-20-3-1-2-19-25(20)37-7-6-35-26(19)29-14-31-35)21-9-23(33-12-22(30-15-33)16-4-5-16)24(10-28-21)34-11-18-8-17(34)13-38-18/h1-3,9-10,12,14-18H,4-8,11,13H2,(H,32,36)/t17-,18-/m1/s1. The van der Waals surface area contributed by atoms with Gasteiger partial charge < -0.3 is 24.3 Å². The maximum Gasteiger partial charge on any atom is 0.274 e. The summed E-state index contributed by atoms with van der Waals surface area (Å²) in [6.45, 7) is 2.56. The van der Waals surface area contributed by atoms with Crippen LogP contribution < -0.4 is 15.0 Å². The summed E-state index contributed by atoms with van der Waals surface area (Å²) in [6, 6.07) is 7.81. The minimum Gasteiger partial charge on any atom is -0.489 e. The number of carbonyl (C=O) groups is 1. The number of hydrogen-bond acceptors (Lipinski definition) is 8. The first-order chi connectivity index (χ1) is 18.7. The lowest BCUT2D eigenvalue weighted by molar-refractivity contribution is 0.0989. The zero-order valence-electron chi connectivity index (χ0n) is 20.7. The molecule has 38 heavy (non-hydrogen) atoms. The molecule has 4 aliphatic rings. The van der Waals surface area contributed by atoms with Gasteiger partial charge in [-0.1, -0.05) is 6.07 Å². The molecule has 1 aromatic carbocycles. The van der Waals surface area contributed by atoms with Crippen LogP contribution in [-0.4, -0.2) is 67.1 Å². The van der Waals surface area contributed by atoms with E-state index in [2.05, 4.69) is 36.5 Å². The van der Waals surface area contributed by atoms with Crippen molar-refractivity contribution >= 4 is 17.3 Å². The summed E-state index contributed by atoms with van der Waals surface area (Å²) in [7, 11) is 0. The smallest absolute Gasteiger partial charge is 0.274 e. The number of hydrogen-bond donors (Lipinski definition) is 1. The van der Waals surface area contributed by atoms with Crippen molar-refractivity contribution in [2.24, 2.45) is 0 Å². The molecule has 6 heterocycles. The van der Waals surface area contributed by atoms with E-state index in [1.807, 2.05) is 41.4 Å². The maximum atomic E-state index is 13.5. The predicted molar refractivity (Wildman–Crippen MR) is 138 cm³/mol. The van der Waals surface area contributed by atoms with Gasteiger partial charge in [0.05, 0.1) is 66.1 Å². The van der Waals surface area contributed by atoms with E-state index in [-0.39, 0.29) is 12.0 Å². The SMILES string of the molecule is O=C(Nc1cccc2c1OCCn1ncnc1-2)c1cc(-n2cnc(C3CC3)c2)c(N2C[C@H]3C[C@@H]2CO3)cn1. The van der Waals surface area contributed by atoms with Gasteiger partial charge in [-0.05, 0) is 37.5 Å². The van der Waals surface area contributed by atoms with E-state index in [1.165, 1.54) is 19.2 Å². The van der Waals surface area contributed by atoms with Crippen molar-refractivity contribution in [2.45, 2.75) is 43.9 Å². The molecule has 2 saturated heterocycles. The number of fused-ring (bicyclic) bond motifs is 5. The Kier molecular flexibility index (Phi) is 4.81. The highest BCUT2D eigenvalue weighted by Gasteiger charge is 2.40. The zero-order chi connectivity index (χ0) is 25.2. The molecule has 1 N–H and O–H groups in total. The van der Waals surface area contributed by atoms with Crippen LogP contribution in [0.4, 0.5) is 11.4 Å². The Morgan fingerprint density at radius 2 is 2.08 bits per heavy atom. The van der Waals surface area contributed by atoms with Gasteiger partial charge in [-0.15, -0.1) is 0 Å². The Morgan fingerprint density at radius 1 is 1.13 bits per heavy atom. The third-order valence-electron chi connectivity index (χ3n) is 7.85. The third kappa shape index (κ3) is 3.57. The molecule has 11 nitrogen and oxygen atoms in total. The van der Waals surface area contributed by atoms with Crippen LogP contribution in [0, 0.1) is 0 Å². The summed E-state index contributed by atoms with van der Waals surface area (Å²) in [4.78, 5) is 29.5. The maximum absolute atomic E-state index is 13.5. The molecule has 3 aromatic heterocycles. The summed E-state index contributed by atoms with van der Waals surface area (Å²) in [5.41, 5.74) is 4.67. The highest BCUT2D eigenvalue weighted by Crippen LogP contribution is 2.41. The van der Waals surface area contributed by atoms with Gasteiger partial charge in [0.25, 0.3) is 5.91 Å². The first-order valence-corrected chi connectivity index (χ1v) is 13.1. The molecule has 0 radical (unpaired) electrons. The third-order valence-corrected chi connectivity index (χ3v) is 7.85. The number of rotatable bonds is 5. The first kappa shape index (κ1) is 21.8. The molecule has 1 saturated carbocycles. The van der Waals surface area contributed by atoms with Crippen LogP contribution in [0.5, 0.6) is 5.75 Å². The molecule has 1 amide bonds. The van der Waals surface area contributed by atoms with E-state index in [9.17, 15) is 4.79 Å². The zero-order valence-corrected chi connectivity index (χ0v) is 20.7. The molecule has 8 rings (SSSR count). The molecular formula is C27H26N8O3. The van der Waals surface area contributed by atoms with Gasteiger partial charge in [-0.3, -0.25) is 4.79 Å². The molecule has 1 aliphatic carbocycles. The first-order valence-electron chi connectivity index (χ1n) is 13.1. The highest BCUT2D eigenvalue weighted by atomic mass is 16.5. The largest absolute Gasteiger partial charge is 0.489 e. The Morgan fingerprint density at radius 3 is 2.92 bits per heavy atom. The van der Waals surface area contributed by atoms with Crippen molar-refractivity contribution in [3.05, 3.63) is 60.7 Å². The molecular weight excluding hydrogens is 484 g/mol. The molecule has 0 spiro atoms. The molecule has 11 heteroatoms. The summed E-state index contributed by atoms with van der Waals surface area (Å²) in [6.07, 6.45) is 10.9. The second kappa shape index (κ2) is 8.38. The normalized spacial score (nSPS) is 21.5. The molecule has 2 atom stereocenters. The van der Waals surface area contributed by atoms with Gasteiger partial charge in [0.1, 0.15) is 18.6 Å². The minimum absolute atomic E-state index is 0.250. The molecule has 2 bridgehead atoms. The molecule has 4 aromatic rings. The molecule has 0 unspecified atom stereocenters. The number of ether oxygens (including phenoxy) is 2. The Hall–Kier alpha value is -4.25. The van der Waals surface area contributed by atoms with Crippen LogP contribution in [-0.2, 0) is 11.3 Å². The van der Waals surface area contributed by atoms with Crippen molar-refractivity contribution in [3.8, 4) is 22.8 Å². The topological polar surface area (TPSA) is 112 Å². The Bertz CT molecular complexity index is 1560. The number of amides is 1. The number of nitrogens with one attached hydrogen (secondary N) is 1. The summed E-state index contributed by atoms with van der Waals surface area (Å²) in [5, 5.41) is 7.30. The van der Waals surface area contributed by atoms with Gasteiger partial charge in [0.15, 0.2) is 11.6 Å². The number of aromatic nitrogens is 6. The number of anilines is 2. The van der Waals surface area contributed by atoms with Crippen molar-refractivity contribution in [3.63, 3.8) is 0 Å². The fraction of sp³-hybridized carbons (Fsp3) is 0.370.